The summed E-state index contributed by atoms with van der Waals surface area (Å²) in [5.74, 6) is 1.07. The van der Waals surface area contributed by atoms with Gasteiger partial charge in [-0.25, -0.2) is 0 Å². The third kappa shape index (κ3) is 4.82. The van der Waals surface area contributed by atoms with Crippen molar-refractivity contribution in [2.45, 2.75) is 30.3 Å². The normalized spacial score (nSPS) is 20.4. The quantitative estimate of drug-likeness (QED) is 0.854. The van der Waals surface area contributed by atoms with Crippen LogP contribution >= 0.6 is 27.7 Å². The summed E-state index contributed by atoms with van der Waals surface area (Å²) in [6.07, 6.45) is 1.47. The first-order valence-electron chi connectivity index (χ1n) is 6.49. The standard InChI is InChI=1S/C14H18BrNO2S/c15-11-1-4-13(5-2-11)19-10-9-16-8-7-12(17)3-6-14(16)18/h1-2,4-5,12,17H,3,6-10H2/t12-/m0/s1. The van der Waals surface area contributed by atoms with Crippen molar-refractivity contribution in [2.75, 3.05) is 18.8 Å². The highest BCUT2D eigenvalue weighted by Crippen LogP contribution is 2.21. The highest BCUT2D eigenvalue weighted by atomic mass is 79.9. The van der Waals surface area contributed by atoms with Crippen molar-refractivity contribution in [3.05, 3.63) is 28.7 Å². The van der Waals surface area contributed by atoms with Gasteiger partial charge in [-0.1, -0.05) is 15.9 Å². The van der Waals surface area contributed by atoms with E-state index in [0.29, 0.717) is 25.8 Å². The number of aliphatic hydroxyl groups is 1. The van der Waals surface area contributed by atoms with E-state index in [4.69, 9.17) is 0 Å². The van der Waals surface area contributed by atoms with Crippen LogP contribution in [-0.4, -0.2) is 40.9 Å². The average Bonchev–Trinajstić information content (AvgIpc) is 2.56. The number of rotatable bonds is 4. The molecule has 1 aliphatic heterocycles. The number of halogens is 1. The highest BCUT2D eigenvalue weighted by molar-refractivity contribution is 9.10. The number of amides is 1. The molecule has 2 rings (SSSR count). The number of likely N-dealkylation sites (tertiary alicyclic amines) is 1. The summed E-state index contributed by atoms with van der Waals surface area (Å²) in [6, 6.07) is 8.19. The molecule has 0 unspecified atom stereocenters. The molecule has 0 aromatic heterocycles. The molecule has 1 aliphatic rings. The van der Waals surface area contributed by atoms with E-state index in [0.717, 1.165) is 16.8 Å². The second-order valence-corrected chi connectivity index (χ2v) is 6.75. The summed E-state index contributed by atoms with van der Waals surface area (Å²) in [4.78, 5) is 14.9. The van der Waals surface area contributed by atoms with Crippen LogP contribution in [0.3, 0.4) is 0 Å². The molecule has 1 heterocycles. The van der Waals surface area contributed by atoms with Crippen LogP contribution in [-0.2, 0) is 4.79 Å². The van der Waals surface area contributed by atoms with Gasteiger partial charge in [0.2, 0.25) is 5.91 Å². The number of carbonyl (C=O) groups is 1. The maximum absolute atomic E-state index is 11.8. The molecule has 1 N–H and O–H groups in total. The number of hydrogen-bond donors (Lipinski definition) is 1. The zero-order chi connectivity index (χ0) is 13.7. The Labute approximate surface area is 126 Å². The lowest BCUT2D eigenvalue weighted by Crippen LogP contribution is -2.32. The number of thioether (sulfide) groups is 1. The molecule has 1 aromatic carbocycles. The summed E-state index contributed by atoms with van der Waals surface area (Å²) in [7, 11) is 0. The van der Waals surface area contributed by atoms with E-state index < -0.39 is 0 Å². The molecular formula is C14H18BrNO2S. The molecule has 0 aliphatic carbocycles. The number of nitrogens with zero attached hydrogens (tertiary/aromatic N) is 1. The first kappa shape index (κ1) is 14.9. The lowest BCUT2D eigenvalue weighted by atomic mass is 10.2. The molecule has 0 saturated carbocycles. The first-order valence-corrected chi connectivity index (χ1v) is 8.27. The van der Waals surface area contributed by atoms with Crippen molar-refractivity contribution in [1.82, 2.24) is 4.90 Å². The molecule has 1 fully saturated rings. The van der Waals surface area contributed by atoms with E-state index in [-0.39, 0.29) is 12.0 Å². The molecule has 1 amide bonds. The lowest BCUT2D eigenvalue weighted by Gasteiger charge is -2.20. The van der Waals surface area contributed by atoms with Crippen molar-refractivity contribution >= 4 is 33.6 Å². The van der Waals surface area contributed by atoms with Crippen LogP contribution < -0.4 is 0 Å². The van der Waals surface area contributed by atoms with Gasteiger partial charge >= 0.3 is 0 Å². The van der Waals surface area contributed by atoms with Crippen molar-refractivity contribution in [2.24, 2.45) is 0 Å². The summed E-state index contributed by atoms with van der Waals surface area (Å²) in [5.41, 5.74) is 0. The van der Waals surface area contributed by atoms with E-state index >= 15 is 0 Å². The number of aliphatic hydroxyl groups excluding tert-OH is 1. The first-order chi connectivity index (χ1) is 9.15. The predicted molar refractivity (Wildman–Crippen MR) is 81.3 cm³/mol. The minimum absolute atomic E-state index is 0.174. The van der Waals surface area contributed by atoms with Crippen LogP contribution in [0.2, 0.25) is 0 Å². The zero-order valence-corrected chi connectivity index (χ0v) is 13.1. The molecular weight excluding hydrogens is 326 g/mol. The van der Waals surface area contributed by atoms with Crippen molar-refractivity contribution < 1.29 is 9.90 Å². The van der Waals surface area contributed by atoms with Crippen LogP contribution in [0, 0.1) is 0 Å². The van der Waals surface area contributed by atoms with Crippen LogP contribution in [0.25, 0.3) is 0 Å². The fraction of sp³-hybridized carbons (Fsp3) is 0.500. The number of hydrogen-bond acceptors (Lipinski definition) is 3. The summed E-state index contributed by atoms with van der Waals surface area (Å²) in [5, 5.41) is 9.57. The SMILES string of the molecule is O=C1CC[C@H](O)CCN1CCSc1ccc(Br)cc1. The molecule has 5 heteroatoms. The Hall–Kier alpha value is -0.520. The Balaban J connectivity index is 1.78. The topological polar surface area (TPSA) is 40.5 Å². The predicted octanol–water partition coefficient (Wildman–Crippen LogP) is 2.91. The number of benzene rings is 1. The van der Waals surface area contributed by atoms with E-state index in [1.807, 2.05) is 17.0 Å². The third-order valence-electron chi connectivity index (χ3n) is 3.22. The van der Waals surface area contributed by atoms with Gasteiger partial charge in [-0.3, -0.25) is 4.79 Å². The smallest absolute Gasteiger partial charge is 0.222 e. The minimum atomic E-state index is -0.312. The summed E-state index contributed by atoms with van der Waals surface area (Å²) < 4.78 is 1.08. The second-order valence-electron chi connectivity index (χ2n) is 4.66. The van der Waals surface area contributed by atoms with E-state index in [1.165, 1.54) is 4.90 Å². The van der Waals surface area contributed by atoms with Crippen LogP contribution in [0.15, 0.2) is 33.6 Å². The molecule has 1 aromatic rings. The Morgan fingerprint density at radius 3 is 2.79 bits per heavy atom. The van der Waals surface area contributed by atoms with Gasteiger partial charge in [-0.05, 0) is 37.1 Å². The highest BCUT2D eigenvalue weighted by Gasteiger charge is 2.20. The van der Waals surface area contributed by atoms with Crippen LogP contribution in [0.5, 0.6) is 0 Å². The zero-order valence-electron chi connectivity index (χ0n) is 10.7. The fourth-order valence-electron chi connectivity index (χ4n) is 2.06. The minimum Gasteiger partial charge on any atom is -0.393 e. The summed E-state index contributed by atoms with van der Waals surface area (Å²) >= 11 is 5.17. The van der Waals surface area contributed by atoms with Crippen molar-refractivity contribution in [1.29, 1.82) is 0 Å². The number of carbonyl (C=O) groups excluding carboxylic acids is 1. The van der Waals surface area contributed by atoms with Crippen molar-refractivity contribution in [3.8, 4) is 0 Å². The average molecular weight is 344 g/mol. The van der Waals surface area contributed by atoms with Crippen LogP contribution in [0.1, 0.15) is 19.3 Å². The van der Waals surface area contributed by atoms with Gasteiger partial charge in [-0.2, -0.15) is 0 Å². The Kier molecular flexibility index (Phi) is 5.73. The maximum Gasteiger partial charge on any atom is 0.222 e. The van der Waals surface area contributed by atoms with Gasteiger partial charge in [0.1, 0.15) is 0 Å². The Bertz CT molecular complexity index is 424. The van der Waals surface area contributed by atoms with Gasteiger partial charge in [-0.15, -0.1) is 11.8 Å². The molecule has 19 heavy (non-hydrogen) atoms. The Morgan fingerprint density at radius 2 is 2.05 bits per heavy atom. The van der Waals surface area contributed by atoms with Gasteiger partial charge in [0.05, 0.1) is 6.10 Å². The van der Waals surface area contributed by atoms with Crippen molar-refractivity contribution in [3.63, 3.8) is 0 Å². The van der Waals surface area contributed by atoms with Gasteiger partial charge in [0, 0.05) is 34.6 Å². The maximum atomic E-state index is 11.8. The van der Waals surface area contributed by atoms with E-state index in [9.17, 15) is 9.90 Å². The van der Waals surface area contributed by atoms with Gasteiger partial charge in [0.15, 0.2) is 0 Å². The second kappa shape index (κ2) is 7.31. The largest absolute Gasteiger partial charge is 0.393 e. The van der Waals surface area contributed by atoms with E-state index in [2.05, 4.69) is 28.1 Å². The molecule has 3 nitrogen and oxygen atoms in total. The monoisotopic (exact) mass is 343 g/mol. The lowest BCUT2D eigenvalue weighted by molar-refractivity contribution is -0.130. The molecule has 0 spiro atoms. The fourth-order valence-corrected chi connectivity index (χ4v) is 3.20. The molecule has 1 atom stereocenters. The molecule has 104 valence electrons. The molecule has 0 radical (unpaired) electrons. The Morgan fingerprint density at radius 1 is 1.32 bits per heavy atom. The third-order valence-corrected chi connectivity index (χ3v) is 4.74. The molecule has 1 saturated heterocycles. The van der Waals surface area contributed by atoms with Crippen LogP contribution in [0.4, 0.5) is 0 Å². The molecule has 0 bridgehead atoms. The van der Waals surface area contributed by atoms with E-state index in [1.54, 1.807) is 11.8 Å². The van der Waals surface area contributed by atoms with Gasteiger partial charge in [0.25, 0.3) is 0 Å². The van der Waals surface area contributed by atoms with Gasteiger partial charge < -0.3 is 10.0 Å². The summed E-state index contributed by atoms with van der Waals surface area (Å²) in [6.45, 7) is 1.44.